The molecule has 0 unspecified atom stereocenters. The van der Waals surface area contributed by atoms with Gasteiger partial charge in [0.2, 0.25) is 15.9 Å². The maximum atomic E-state index is 11.8. The Hall–Kier alpha value is -1.03. The van der Waals surface area contributed by atoms with E-state index in [9.17, 15) is 13.2 Å². The molecular weight excluding hydrogens is 312 g/mol. The van der Waals surface area contributed by atoms with Crippen LogP contribution in [0, 0.1) is 0 Å². The lowest BCUT2D eigenvalue weighted by Gasteiger charge is -2.20. The van der Waals surface area contributed by atoms with Crippen LogP contribution >= 0.6 is 11.3 Å². The highest BCUT2D eigenvalue weighted by Gasteiger charge is 2.21. The summed E-state index contributed by atoms with van der Waals surface area (Å²) in [5.41, 5.74) is 0. The average molecular weight is 332 g/mol. The fourth-order valence-electron chi connectivity index (χ4n) is 2.23. The molecule has 2 heterocycles. The highest BCUT2D eigenvalue weighted by molar-refractivity contribution is 7.88. The van der Waals surface area contributed by atoms with Crippen LogP contribution in [0.5, 0.6) is 0 Å². The van der Waals surface area contributed by atoms with Gasteiger partial charge in [-0.25, -0.2) is 17.7 Å². The van der Waals surface area contributed by atoms with E-state index in [1.54, 1.807) is 6.20 Å². The lowest BCUT2D eigenvalue weighted by atomic mass is 10.3. The molecule has 2 rings (SSSR count). The van der Waals surface area contributed by atoms with Crippen molar-refractivity contribution in [2.75, 3.05) is 44.3 Å². The Morgan fingerprint density at radius 3 is 2.86 bits per heavy atom. The molecule has 0 radical (unpaired) electrons. The molecule has 0 aliphatic carbocycles. The fraction of sp³-hybridized carbons (Fsp3) is 0.667. The molecule has 9 heteroatoms. The van der Waals surface area contributed by atoms with Crippen molar-refractivity contribution >= 4 is 32.4 Å². The van der Waals surface area contributed by atoms with Gasteiger partial charge in [0.25, 0.3) is 0 Å². The van der Waals surface area contributed by atoms with Gasteiger partial charge in [0.15, 0.2) is 5.13 Å². The number of nitrogens with zero attached hydrogens (tertiary/aromatic N) is 3. The van der Waals surface area contributed by atoms with Gasteiger partial charge in [0.1, 0.15) is 0 Å². The van der Waals surface area contributed by atoms with E-state index in [0.29, 0.717) is 37.7 Å². The SMILES string of the molecule is CS(=O)(=O)N1CCCN(CCC(=O)Nc2nccs2)CC1. The van der Waals surface area contributed by atoms with Crippen LogP contribution in [0.15, 0.2) is 11.6 Å². The van der Waals surface area contributed by atoms with Crippen molar-refractivity contribution in [3.63, 3.8) is 0 Å². The van der Waals surface area contributed by atoms with Crippen LogP contribution in [0.1, 0.15) is 12.8 Å². The maximum absolute atomic E-state index is 11.8. The molecule has 0 bridgehead atoms. The molecule has 21 heavy (non-hydrogen) atoms. The van der Waals surface area contributed by atoms with Crippen LogP contribution in [0.4, 0.5) is 5.13 Å². The number of aromatic nitrogens is 1. The lowest BCUT2D eigenvalue weighted by Crippen LogP contribution is -2.35. The third kappa shape index (κ3) is 5.34. The summed E-state index contributed by atoms with van der Waals surface area (Å²) in [4.78, 5) is 17.9. The van der Waals surface area contributed by atoms with Gasteiger partial charge in [-0.3, -0.25) is 4.79 Å². The van der Waals surface area contributed by atoms with E-state index in [4.69, 9.17) is 0 Å². The molecule has 0 atom stereocenters. The first-order valence-corrected chi connectivity index (χ1v) is 9.55. The van der Waals surface area contributed by atoms with E-state index >= 15 is 0 Å². The summed E-state index contributed by atoms with van der Waals surface area (Å²) in [7, 11) is -3.12. The van der Waals surface area contributed by atoms with Crippen LogP contribution in [0.2, 0.25) is 0 Å². The van der Waals surface area contributed by atoms with Crippen LogP contribution in [0.3, 0.4) is 0 Å². The second-order valence-corrected chi connectivity index (χ2v) is 7.87. The lowest BCUT2D eigenvalue weighted by molar-refractivity contribution is -0.116. The Labute approximate surface area is 129 Å². The third-order valence-corrected chi connectivity index (χ3v) is 5.34. The molecule has 0 spiro atoms. The molecule has 118 valence electrons. The van der Waals surface area contributed by atoms with Crippen molar-refractivity contribution in [2.45, 2.75) is 12.8 Å². The number of carbonyl (C=O) groups excluding carboxylic acids is 1. The van der Waals surface area contributed by atoms with Gasteiger partial charge in [-0.05, 0) is 13.0 Å². The van der Waals surface area contributed by atoms with E-state index < -0.39 is 10.0 Å². The van der Waals surface area contributed by atoms with Crippen molar-refractivity contribution in [2.24, 2.45) is 0 Å². The molecular formula is C12H20N4O3S2. The molecule has 7 nitrogen and oxygen atoms in total. The number of thiazole rings is 1. The van der Waals surface area contributed by atoms with Crippen molar-refractivity contribution < 1.29 is 13.2 Å². The van der Waals surface area contributed by atoms with Gasteiger partial charge in [-0.15, -0.1) is 11.3 Å². The zero-order chi connectivity index (χ0) is 15.3. The van der Waals surface area contributed by atoms with Crippen LogP contribution in [-0.4, -0.2) is 67.5 Å². The smallest absolute Gasteiger partial charge is 0.227 e. The third-order valence-electron chi connectivity index (χ3n) is 3.35. The molecule has 1 aliphatic rings. The Morgan fingerprint density at radius 1 is 1.38 bits per heavy atom. The highest BCUT2D eigenvalue weighted by atomic mass is 32.2. The summed E-state index contributed by atoms with van der Waals surface area (Å²) in [6, 6.07) is 0. The number of amides is 1. The Bertz CT molecular complexity index is 559. The van der Waals surface area contributed by atoms with Gasteiger partial charge in [0.05, 0.1) is 6.26 Å². The highest BCUT2D eigenvalue weighted by Crippen LogP contribution is 2.11. The molecule has 1 amide bonds. The van der Waals surface area contributed by atoms with Crippen LogP contribution in [-0.2, 0) is 14.8 Å². The number of hydrogen-bond donors (Lipinski definition) is 1. The van der Waals surface area contributed by atoms with Gasteiger partial charge >= 0.3 is 0 Å². The van der Waals surface area contributed by atoms with E-state index in [0.717, 1.165) is 13.0 Å². The summed E-state index contributed by atoms with van der Waals surface area (Å²) >= 11 is 1.39. The number of rotatable bonds is 5. The normalized spacial score (nSPS) is 18.3. The molecule has 1 fully saturated rings. The van der Waals surface area contributed by atoms with Crippen molar-refractivity contribution in [1.29, 1.82) is 0 Å². The summed E-state index contributed by atoms with van der Waals surface area (Å²) in [5, 5.41) is 5.17. The predicted octanol–water partition coefficient (Wildman–Crippen LogP) is 0.439. The molecule has 1 aromatic rings. The summed E-state index contributed by atoms with van der Waals surface area (Å²) in [6.45, 7) is 3.16. The minimum Gasteiger partial charge on any atom is -0.302 e. The van der Waals surface area contributed by atoms with Gasteiger partial charge in [-0.2, -0.15) is 0 Å². The Balaban J connectivity index is 1.75. The number of nitrogens with one attached hydrogen (secondary N) is 1. The quantitative estimate of drug-likeness (QED) is 0.846. The zero-order valence-corrected chi connectivity index (χ0v) is 13.6. The molecule has 0 saturated carbocycles. The largest absolute Gasteiger partial charge is 0.302 e. The Morgan fingerprint density at radius 2 is 2.19 bits per heavy atom. The second kappa shape index (κ2) is 7.30. The first-order chi connectivity index (χ1) is 9.95. The minimum absolute atomic E-state index is 0.0610. The first kappa shape index (κ1) is 16.3. The van der Waals surface area contributed by atoms with E-state index in [2.05, 4.69) is 15.2 Å². The zero-order valence-electron chi connectivity index (χ0n) is 12.0. The monoisotopic (exact) mass is 332 g/mol. The van der Waals surface area contributed by atoms with Crippen molar-refractivity contribution in [3.05, 3.63) is 11.6 Å². The maximum Gasteiger partial charge on any atom is 0.227 e. The van der Waals surface area contributed by atoms with E-state index in [1.165, 1.54) is 21.9 Å². The fourth-order valence-corrected chi connectivity index (χ4v) is 3.65. The Kier molecular flexibility index (Phi) is 5.68. The van der Waals surface area contributed by atoms with Crippen LogP contribution in [0.25, 0.3) is 0 Å². The summed E-state index contributed by atoms with van der Waals surface area (Å²) < 4.78 is 24.6. The molecule has 1 saturated heterocycles. The summed E-state index contributed by atoms with van der Waals surface area (Å²) in [6.07, 6.45) is 4.07. The van der Waals surface area contributed by atoms with Crippen molar-refractivity contribution in [3.8, 4) is 0 Å². The molecule has 1 aliphatic heterocycles. The number of anilines is 1. The number of hydrogen-bond acceptors (Lipinski definition) is 6. The topological polar surface area (TPSA) is 82.6 Å². The second-order valence-electron chi connectivity index (χ2n) is 4.99. The van der Waals surface area contributed by atoms with Gasteiger partial charge in [0, 0.05) is 44.2 Å². The van der Waals surface area contributed by atoms with E-state index in [-0.39, 0.29) is 5.91 Å². The van der Waals surface area contributed by atoms with Gasteiger partial charge < -0.3 is 10.2 Å². The molecule has 1 N–H and O–H groups in total. The van der Waals surface area contributed by atoms with E-state index in [1.807, 2.05) is 5.38 Å². The first-order valence-electron chi connectivity index (χ1n) is 6.82. The molecule has 0 aromatic carbocycles. The number of carbonyl (C=O) groups is 1. The average Bonchev–Trinajstić information content (AvgIpc) is 2.77. The predicted molar refractivity (Wildman–Crippen MR) is 82.8 cm³/mol. The van der Waals surface area contributed by atoms with Crippen molar-refractivity contribution in [1.82, 2.24) is 14.2 Å². The molecule has 1 aromatic heterocycles. The number of sulfonamides is 1. The standard InChI is InChI=1S/C12H20N4O3S2/c1-21(18,19)16-6-2-5-15(8-9-16)7-3-11(17)14-12-13-4-10-20-12/h4,10H,2-3,5-9H2,1H3,(H,13,14,17). The van der Waals surface area contributed by atoms with Crippen LogP contribution < -0.4 is 5.32 Å². The van der Waals surface area contributed by atoms with Gasteiger partial charge in [-0.1, -0.05) is 0 Å². The minimum atomic E-state index is -3.12. The summed E-state index contributed by atoms with van der Waals surface area (Å²) in [5.74, 6) is -0.0610.